The predicted molar refractivity (Wildman–Crippen MR) is 80.2 cm³/mol. The van der Waals surface area contributed by atoms with Gasteiger partial charge in [-0.05, 0) is 36.6 Å². The zero-order valence-electron chi connectivity index (χ0n) is 12.4. The van der Waals surface area contributed by atoms with E-state index in [0.717, 1.165) is 5.56 Å². The molecule has 120 valence electrons. The summed E-state index contributed by atoms with van der Waals surface area (Å²) >= 11 is 0. The summed E-state index contributed by atoms with van der Waals surface area (Å²) < 4.78 is 10.3. The molecule has 0 radical (unpaired) electrons. The maximum absolute atomic E-state index is 11.5. The van der Waals surface area contributed by atoms with Gasteiger partial charge in [0.05, 0.1) is 13.2 Å². The van der Waals surface area contributed by atoms with Crippen LogP contribution >= 0.6 is 0 Å². The maximum Gasteiger partial charge on any atom is 0.246 e. The molecule has 8 heteroatoms. The van der Waals surface area contributed by atoms with E-state index in [1.807, 2.05) is 0 Å². The van der Waals surface area contributed by atoms with Crippen LogP contribution in [0.15, 0.2) is 29.4 Å². The topological polar surface area (TPSA) is 117 Å². The zero-order valence-corrected chi connectivity index (χ0v) is 12.4. The lowest BCUT2D eigenvalue weighted by Crippen LogP contribution is -2.30. The number of carbonyl (C=O) groups is 1. The van der Waals surface area contributed by atoms with E-state index in [2.05, 4.69) is 15.3 Å². The summed E-state index contributed by atoms with van der Waals surface area (Å²) in [5.41, 5.74) is 9.20. The second kappa shape index (κ2) is 10.4. The van der Waals surface area contributed by atoms with Gasteiger partial charge < -0.3 is 19.9 Å². The molecule has 1 unspecified atom stereocenters. The molecule has 0 saturated carbocycles. The summed E-state index contributed by atoms with van der Waals surface area (Å²) in [6.07, 6.45) is 0.131. The maximum atomic E-state index is 11.5. The molecule has 0 aliphatic rings. The SMILES string of the molecule is CC(N=[N+]=[N-])OCCOCC(=O)NCCc1ccc(O)cc1. The van der Waals surface area contributed by atoms with Crippen molar-refractivity contribution < 1.29 is 19.4 Å². The van der Waals surface area contributed by atoms with Crippen LogP contribution in [0.25, 0.3) is 10.4 Å². The number of azide groups is 1. The van der Waals surface area contributed by atoms with Gasteiger partial charge in [0.25, 0.3) is 0 Å². The van der Waals surface area contributed by atoms with Crippen molar-refractivity contribution >= 4 is 5.91 Å². The van der Waals surface area contributed by atoms with Crippen LogP contribution < -0.4 is 5.32 Å². The number of nitrogens with one attached hydrogen (secondary N) is 1. The number of aromatic hydroxyl groups is 1. The number of phenols is 1. The van der Waals surface area contributed by atoms with E-state index in [0.29, 0.717) is 13.0 Å². The van der Waals surface area contributed by atoms with Crippen molar-refractivity contribution in [2.45, 2.75) is 19.6 Å². The average Bonchev–Trinajstić information content (AvgIpc) is 2.49. The van der Waals surface area contributed by atoms with Crippen LogP contribution in [0.2, 0.25) is 0 Å². The zero-order chi connectivity index (χ0) is 16.2. The third-order valence-electron chi connectivity index (χ3n) is 2.71. The van der Waals surface area contributed by atoms with Crippen molar-refractivity contribution in [3.05, 3.63) is 40.3 Å². The summed E-state index contributed by atoms with van der Waals surface area (Å²) in [6.45, 7) is 2.57. The van der Waals surface area contributed by atoms with Crippen molar-refractivity contribution in [2.75, 3.05) is 26.4 Å². The van der Waals surface area contributed by atoms with E-state index < -0.39 is 6.23 Å². The molecule has 0 aromatic heterocycles. The van der Waals surface area contributed by atoms with Crippen LogP contribution in [0.5, 0.6) is 5.75 Å². The normalized spacial score (nSPS) is 11.5. The van der Waals surface area contributed by atoms with E-state index in [1.54, 1.807) is 31.2 Å². The van der Waals surface area contributed by atoms with Gasteiger partial charge in [-0.25, -0.2) is 0 Å². The predicted octanol–water partition coefficient (Wildman–Crippen LogP) is 1.74. The number of rotatable bonds is 10. The Balaban J connectivity index is 2.04. The minimum Gasteiger partial charge on any atom is -0.508 e. The highest BCUT2D eigenvalue weighted by Gasteiger charge is 2.02. The molecule has 8 nitrogen and oxygen atoms in total. The molecule has 1 rings (SSSR count). The van der Waals surface area contributed by atoms with Gasteiger partial charge in [-0.1, -0.05) is 17.2 Å². The molecule has 0 aliphatic heterocycles. The van der Waals surface area contributed by atoms with E-state index in [1.165, 1.54) is 0 Å². The summed E-state index contributed by atoms with van der Waals surface area (Å²) in [5, 5.41) is 15.2. The van der Waals surface area contributed by atoms with E-state index in [-0.39, 0.29) is 31.5 Å². The van der Waals surface area contributed by atoms with Gasteiger partial charge in [-0.15, -0.1) is 0 Å². The Hall–Kier alpha value is -2.28. The average molecular weight is 308 g/mol. The number of carbonyl (C=O) groups excluding carboxylic acids is 1. The largest absolute Gasteiger partial charge is 0.508 e. The fourth-order valence-electron chi connectivity index (χ4n) is 1.61. The fourth-order valence-corrected chi connectivity index (χ4v) is 1.61. The first kappa shape index (κ1) is 17.8. The van der Waals surface area contributed by atoms with Crippen molar-refractivity contribution in [2.24, 2.45) is 5.11 Å². The monoisotopic (exact) mass is 308 g/mol. The first-order valence-corrected chi connectivity index (χ1v) is 6.90. The second-order valence-electron chi connectivity index (χ2n) is 4.49. The molecule has 0 fully saturated rings. The summed E-state index contributed by atoms with van der Waals surface area (Å²) in [6, 6.07) is 6.83. The lowest BCUT2D eigenvalue weighted by Gasteiger charge is -2.08. The molecule has 2 N–H and O–H groups in total. The molecule has 1 aromatic rings. The Morgan fingerprint density at radius 3 is 2.82 bits per heavy atom. The van der Waals surface area contributed by atoms with Crippen LogP contribution in [-0.2, 0) is 20.7 Å². The third-order valence-corrected chi connectivity index (χ3v) is 2.71. The number of nitrogens with zero attached hydrogens (tertiary/aromatic N) is 3. The first-order chi connectivity index (χ1) is 10.6. The highest BCUT2D eigenvalue weighted by atomic mass is 16.5. The van der Waals surface area contributed by atoms with Gasteiger partial charge in [0, 0.05) is 11.5 Å². The third kappa shape index (κ3) is 8.11. The van der Waals surface area contributed by atoms with Gasteiger partial charge in [-0.3, -0.25) is 4.79 Å². The van der Waals surface area contributed by atoms with Crippen molar-refractivity contribution in [1.29, 1.82) is 0 Å². The number of benzene rings is 1. The van der Waals surface area contributed by atoms with Gasteiger partial charge in [0.2, 0.25) is 5.91 Å². The van der Waals surface area contributed by atoms with Crippen LogP contribution in [0.3, 0.4) is 0 Å². The molecule has 22 heavy (non-hydrogen) atoms. The summed E-state index contributed by atoms with van der Waals surface area (Å²) in [5.74, 6) is 0.0139. The van der Waals surface area contributed by atoms with Crippen molar-refractivity contribution in [3.63, 3.8) is 0 Å². The summed E-state index contributed by atoms with van der Waals surface area (Å²) in [4.78, 5) is 14.1. The Bertz CT molecular complexity index is 500. The highest BCUT2D eigenvalue weighted by molar-refractivity contribution is 5.77. The van der Waals surface area contributed by atoms with E-state index in [4.69, 9.17) is 20.1 Å². The standard InChI is InChI=1S/C14H20N4O4/c1-11(17-18-15)22-9-8-21-10-14(20)16-7-6-12-2-4-13(19)5-3-12/h2-5,11,19H,6-10H2,1H3,(H,16,20). The quantitative estimate of drug-likeness (QED) is 0.296. The van der Waals surface area contributed by atoms with Gasteiger partial charge >= 0.3 is 0 Å². The Labute approximate surface area is 128 Å². The second-order valence-corrected chi connectivity index (χ2v) is 4.49. The lowest BCUT2D eigenvalue weighted by molar-refractivity contribution is -0.126. The number of amides is 1. The molecule has 0 aliphatic carbocycles. The molecular formula is C14H20N4O4. The number of hydrogen-bond donors (Lipinski definition) is 2. The van der Waals surface area contributed by atoms with Crippen LogP contribution in [0.1, 0.15) is 12.5 Å². The molecule has 0 saturated heterocycles. The van der Waals surface area contributed by atoms with Gasteiger partial charge in [0.1, 0.15) is 18.6 Å². The molecule has 0 spiro atoms. The number of phenolic OH excluding ortho intramolecular Hbond substituents is 1. The Kier molecular flexibility index (Phi) is 8.44. The van der Waals surface area contributed by atoms with Crippen LogP contribution in [0.4, 0.5) is 0 Å². The minimum atomic E-state index is -0.548. The van der Waals surface area contributed by atoms with Crippen LogP contribution in [0, 0.1) is 0 Å². The van der Waals surface area contributed by atoms with Crippen LogP contribution in [-0.4, -0.2) is 43.6 Å². The molecule has 0 bridgehead atoms. The first-order valence-electron chi connectivity index (χ1n) is 6.90. The van der Waals surface area contributed by atoms with E-state index in [9.17, 15) is 4.79 Å². The summed E-state index contributed by atoms with van der Waals surface area (Å²) in [7, 11) is 0. The van der Waals surface area contributed by atoms with Crippen molar-refractivity contribution in [1.82, 2.24) is 5.32 Å². The highest BCUT2D eigenvalue weighted by Crippen LogP contribution is 2.09. The fraction of sp³-hybridized carbons (Fsp3) is 0.500. The molecular weight excluding hydrogens is 288 g/mol. The molecule has 1 amide bonds. The van der Waals surface area contributed by atoms with Gasteiger partial charge in [0.15, 0.2) is 0 Å². The number of hydrogen-bond acceptors (Lipinski definition) is 5. The van der Waals surface area contributed by atoms with E-state index >= 15 is 0 Å². The van der Waals surface area contributed by atoms with Gasteiger partial charge in [-0.2, -0.15) is 0 Å². The Morgan fingerprint density at radius 1 is 1.41 bits per heavy atom. The number of ether oxygens (including phenoxy) is 2. The minimum absolute atomic E-state index is 0.0468. The molecule has 1 atom stereocenters. The smallest absolute Gasteiger partial charge is 0.246 e. The molecule has 0 heterocycles. The Morgan fingerprint density at radius 2 is 2.14 bits per heavy atom. The van der Waals surface area contributed by atoms with Crippen molar-refractivity contribution in [3.8, 4) is 5.75 Å². The molecule has 1 aromatic carbocycles. The lowest BCUT2D eigenvalue weighted by atomic mass is 10.1.